The van der Waals surface area contributed by atoms with Gasteiger partial charge in [0.25, 0.3) is 0 Å². The summed E-state index contributed by atoms with van der Waals surface area (Å²) in [5.74, 6) is 3.12. The molecule has 8 nitrogen and oxygen atoms in total. The summed E-state index contributed by atoms with van der Waals surface area (Å²) in [6.45, 7) is 14.5. The Labute approximate surface area is 376 Å². The van der Waals surface area contributed by atoms with E-state index in [4.69, 9.17) is 9.84 Å². The maximum atomic E-state index is 13.1. The van der Waals surface area contributed by atoms with Gasteiger partial charge in [0.05, 0.1) is 10.3 Å². The highest BCUT2D eigenvalue weighted by molar-refractivity contribution is 7.93. The van der Waals surface area contributed by atoms with Crippen LogP contribution in [0.2, 0.25) is 0 Å². The van der Waals surface area contributed by atoms with Gasteiger partial charge in [-0.1, -0.05) is 63.2 Å². The molecule has 0 spiro atoms. The first kappa shape index (κ1) is 48.3. The predicted molar refractivity (Wildman–Crippen MR) is 257 cm³/mol. The maximum Gasteiger partial charge on any atom is 0.209 e. The van der Waals surface area contributed by atoms with Crippen LogP contribution in [0.25, 0.3) is 0 Å². The molecular formula is C50H65N2O6S3+. The molecule has 1 aliphatic carbocycles. The highest BCUT2D eigenvalue weighted by Gasteiger charge is 2.45. The number of anilines is 1. The number of para-hydroxylation sites is 2. The summed E-state index contributed by atoms with van der Waals surface area (Å²) < 4.78 is 40.5. The fraction of sp³-hybridized carbons (Fsp3) is 0.440. The average molecular weight is 886 g/mol. The fourth-order valence-corrected chi connectivity index (χ4v) is 9.62. The average Bonchev–Trinajstić information content (AvgIpc) is 3.61. The van der Waals surface area contributed by atoms with Crippen molar-refractivity contribution in [2.75, 3.05) is 36.6 Å². The highest BCUT2D eigenvalue weighted by Crippen LogP contribution is 2.51. The number of nitrogens with zero attached hydrogens (tertiary/aromatic N) is 2. The van der Waals surface area contributed by atoms with Gasteiger partial charge in [-0.3, -0.25) is 4.79 Å². The summed E-state index contributed by atoms with van der Waals surface area (Å²) in [7, 11) is 1.00. The van der Waals surface area contributed by atoms with Crippen molar-refractivity contribution in [3.63, 3.8) is 0 Å². The molecule has 0 aromatic heterocycles. The topological polar surface area (TPSA) is 110 Å². The Hall–Kier alpha value is -3.71. The number of fused-ring (bicyclic) bond motifs is 2. The quantitative estimate of drug-likeness (QED) is 0.0349. The van der Waals surface area contributed by atoms with Crippen LogP contribution in [-0.2, 0) is 26.7 Å². The Bertz CT molecular complexity index is 2200. The van der Waals surface area contributed by atoms with E-state index in [-0.39, 0.29) is 22.0 Å². The molecule has 2 heterocycles. The minimum absolute atomic E-state index is 0.198. The molecule has 0 bridgehead atoms. The first-order chi connectivity index (χ1) is 29.2. The Kier molecular flexibility index (Phi) is 17.1. The lowest BCUT2D eigenvalue weighted by atomic mass is 9.76. The molecule has 3 aromatic carbocycles. The third-order valence-corrected chi connectivity index (χ3v) is 13.6. The Morgan fingerprint density at radius 3 is 2.30 bits per heavy atom. The van der Waals surface area contributed by atoms with E-state index in [0.717, 1.165) is 99.8 Å². The number of allylic oxidation sites excluding steroid dienone is 7. The molecular weight excluding hydrogens is 821 g/mol. The van der Waals surface area contributed by atoms with Crippen LogP contribution in [0.15, 0.2) is 125 Å². The van der Waals surface area contributed by atoms with Gasteiger partial charge in [-0.05, 0) is 136 Å². The second-order valence-electron chi connectivity index (χ2n) is 17.6. The van der Waals surface area contributed by atoms with E-state index in [9.17, 15) is 18.1 Å². The normalized spacial score (nSPS) is 20.3. The van der Waals surface area contributed by atoms with Crippen molar-refractivity contribution in [3.05, 3.63) is 131 Å². The molecule has 3 aliphatic rings. The monoisotopic (exact) mass is 885 g/mol. The summed E-state index contributed by atoms with van der Waals surface area (Å²) in [6, 6.07) is 24.1. The highest BCUT2D eigenvalue weighted by atomic mass is 32.2. The Balaban J connectivity index is 0.00000347. The molecule has 0 saturated heterocycles. The lowest BCUT2D eigenvalue weighted by Crippen LogP contribution is -2.30. The number of benzene rings is 3. The summed E-state index contributed by atoms with van der Waals surface area (Å²) in [4.78, 5) is 15.8. The molecule has 6 rings (SSSR count). The zero-order valence-electron chi connectivity index (χ0n) is 36.9. The minimum atomic E-state index is -2.09. The van der Waals surface area contributed by atoms with Crippen LogP contribution in [0.1, 0.15) is 104 Å². The molecule has 0 amide bonds. The van der Waals surface area contributed by atoms with E-state index in [1.165, 1.54) is 33.9 Å². The van der Waals surface area contributed by atoms with Crippen molar-refractivity contribution in [1.82, 2.24) is 0 Å². The summed E-state index contributed by atoms with van der Waals surface area (Å²) in [6.07, 6.45) is 15.5. The van der Waals surface area contributed by atoms with Gasteiger partial charge in [0.15, 0.2) is 16.8 Å². The van der Waals surface area contributed by atoms with Crippen LogP contribution in [0, 0.1) is 5.41 Å². The minimum Gasteiger partial charge on any atom is -0.457 e. The summed E-state index contributed by atoms with van der Waals surface area (Å²) in [5, 5.41) is 7.00. The van der Waals surface area contributed by atoms with Crippen LogP contribution in [0.5, 0.6) is 5.75 Å². The van der Waals surface area contributed by atoms with Crippen molar-refractivity contribution in [2.24, 2.45) is 5.41 Å². The van der Waals surface area contributed by atoms with Crippen molar-refractivity contribution < 1.29 is 32.5 Å². The number of aliphatic hydroxyl groups is 1. The molecule has 0 fully saturated rings. The van der Waals surface area contributed by atoms with Gasteiger partial charge in [-0.15, -0.1) is 0 Å². The van der Waals surface area contributed by atoms with Crippen molar-refractivity contribution in [1.29, 1.82) is 0 Å². The smallest absolute Gasteiger partial charge is 0.209 e. The maximum absolute atomic E-state index is 13.1. The number of thiol groups is 1. The van der Waals surface area contributed by atoms with Crippen molar-refractivity contribution in [3.8, 4) is 5.75 Å². The number of rotatable bonds is 17. The van der Waals surface area contributed by atoms with E-state index in [1.807, 2.05) is 20.8 Å². The van der Waals surface area contributed by atoms with Crippen LogP contribution in [0.3, 0.4) is 0 Å². The van der Waals surface area contributed by atoms with Crippen LogP contribution in [0.4, 0.5) is 11.4 Å². The van der Waals surface area contributed by atoms with Gasteiger partial charge in [-0.25, -0.2) is 4.21 Å². The number of hydrogen-bond donors (Lipinski definition) is 4. The van der Waals surface area contributed by atoms with E-state index in [0.29, 0.717) is 22.8 Å². The van der Waals surface area contributed by atoms with Gasteiger partial charge in [0.2, 0.25) is 5.69 Å². The number of aliphatic hydroxyl groups excluding tert-OH is 1. The van der Waals surface area contributed by atoms with E-state index in [1.54, 1.807) is 24.3 Å². The Morgan fingerprint density at radius 2 is 1.62 bits per heavy atom. The number of hydrogen-bond acceptors (Lipinski definition) is 8. The van der Waals surface area contributed by atoms with Gasteiger partial charge >= 0.3 is 0 Å². The molecule has 2 unspecified atom stereocenters. The SMILES string of the molecule is CC(C)(C)C(=O)CCCC1(C)/C(=C\C=C2/CCCC(/C=C/C3=[N+](CCCS)c4ccccc4C3(C)C)=C2Oc2ccc(S(=O)O)cc2)N(CCCSO)c2ccccc21.CO. The molecule has 0 radical (unpaired) electrons. The first-order valence-electron chi connectivity index (χ1n) is 21.4. The third-order valence-electron chi connectivity index (χ3n) is 12.1. The van der Waals surface area contributed by atoms with E-state index >= 15 is 0 Å². The lowest BCUT2D eigenvalue weighted by Gasteiger charge is -2.31. The molecule has 2 atom stereocenters. The van der Waals surface area contributed by atoms with E-state index < -0.39 is 11.1 Å². The van der Waals surface area contributed by atoms with Crippen molar-refractivity contribution in [2.45, 2.75) is 109 Å². The van der Waals surface area contributed by atoms with Crippen LogP contribution in [-0.4, -0.2) is 66.2 Å². The number of carbonyl (C=O) groups excluding carboxylic acids is 1. The van der Waals surface area contributed by atoms with Gasteiger partial charge < -0.3 is 23.8 Å². The fourth-order valence-electron chi connectivity index (χ4n) is 8.85. The molecule has 0 saturated carbocycles. The van der Waals surface area contributed by atoms with Crippen molar-refractivity contribution >= 4 is 58.6 Å². The Morgan fingerprint density at radius 1 is 0.934 bits per heavy atom. The number of ether oxygens (including phenoxy) is 1. The lowest BCUT2D eigenvalue weighted by molar-refractivity contribution is -0.437. The molecule has 3 N–H and O–H groups in total. The number of carbonyl (C=O) groups is 1. The second-order valence-corrected chi connectivity index (χ2v) is 19.7. The molecule has 11 heteroatoms. The largest absolute Gasteiger partial charge is 0.457 e. The summed E-state index contributed by atoms with van der Waals surface area (Å²) in [5.41, 5.74) is 8.65. The third kappa shape index (κ3) is 11.1. The number of Topliss-reactive ketones (excluding diaryl/α,β-unsaturated/α-hetero) is 1. The standard InChI is InChI=1S/C49H60N2O5S3.CH4O/c1-47(2,3)45(52)21-12-30-49(6)40-18-8-10-20-42(40)51(32-14-34-58-53)44(49)29-23-36-16-11-15-35(46(36)56-37-24-26-38(27-25-37)59(54)55)22-28-43-48(4,5)39-17-7-9-19-41(39)50(43)31-13-33-57;1-2/h7-10,17-20,22-29H,11-16,21,30-34H2,1-6H3,(H2-,53,54,55,57);2H,1H3/p+1. The van der Waals surface area contributed by atoms with Gasteiger partial charge in [0, 0.05) is 72.2 Å². The molecule has 2 aliphatic heterocycles. The first-order valence-corrected chi connectivity index (χ1v) is 24.1. The van der Waals surface area contributed by atoms with Crippen LogP contribution >= 0.6 is 24.7 Å². The molecule has 328 valence electrons. The van der Waals surface area contributed by atoms with Gasteiger partial charge in [0.1, 0.15) is 23.8 Å². The second kappa shape index (κ2) is 21.6. The summed E-state index contributed by atoms with van der Waals surface area (Å²) >= 11 is 3.34. The molecule has 61 heavy (non-hydrogen) atoms. The molecule has 3 aromatic rings. The zero-order chi connectivity index (χ0) is 44.4. The van der Waals surface area contributed by atoms with E-state index in [2.05, 4.69) is 116 Å². The number of ketones is 1. The zero-order valence-corrected chi connectivity index (χ0v) is 39.5. The predicted octanol–water partition coefficient (Wildman–Crippen LogP) is 11.6. The van der Waals surface area contributed by atoms with Crippen LogP contribution < -0.4 is 9.64 Å². The van der Waals surface area contributed by atoms with Gasteiger partial charge in [-0.2, -0.15) is 17.2 Å².